The lowest BCUT2D eigenvalue weighted by Crippen LogP contribution is -2.37. The maximum absolute atomic E-state index is 11.6. The number of aromatic nitrogens is 1. The first-order chi connectivity index (χ1) is 7.47. The van der Waals surface area contributed by atoms with Crippen molar-refractivity contribution in [1.82, 2.24) is 10.3 Å². The minimum Gasteiger partial charge on any atom is -0.312 e. The quantitative estimate of drug-likeness (QED) is 0.825. The summed E-state index contributed by atoms with van der Waals surface area (Å²) in [4.78, 5) is 15.6. The fourth-order valence-corrected chi connectivity index (χ4v) is 1.39. The summed E-state index contributed by atoms with van der Waals surface area (Å²) in [6, 6.07) is 3.77. The van der Waals surface area contributed by atoms with Gasteiger partial charge in [-0.2, -0.15) is 0 Å². The van der Waals surface area contributed by atoms with E-state index in [4.69, 9.17) is 0 Å². The second-order valence-corrected chi connectivity index (χ2v) is 5.00. The Hall–Kier alpha value is -1.22. The predicted octanol–water partition coefficient (Wildman–Crippen LogP) is 1.97. The molecule has 0 spiro atoms. The summed E-state index contributed by atoms with van der Waals surface area (Å²) >= 11 is 0. The molecule has 0 saturated carbocycles. The summed E-state index contributed by atoms with van der Waals surface area (Å²) in [5, 5.41) is 3.31. The number of carbonyl (C=O) groups is 1. The first kappa shape index (κ1) is 12.8. The number of nitrogens with one attached hydrogen (secondary N) is 1. The van der Waals surface area contributed by atoms with Gasteiger partial charge in [0, 0.05) is 37.3 Å². The van der Waals surface area contributed by atoms with Gasteiger partial charge in [0.15, 0.2) is 0 Å². The Kier molecular flexibility index (Phi) is 4.62. The third-order valence-electron chi connectivity index (χ3n) is 2.21. The number of hydrogen-bond acceptors (Lipinski definition) is 3. The first-order valence-corrected chi connectivity index (χ1v) is 5.63. The van der Waals surface area contributed by atoms with Crippen molar-refractivity contribution in [3.63, 3.8) is 0 Å². The topological polar surface area (TPSA) is 42.0 Å². The molecule has 1 heterocycles. The smallest absolute Gasteiger partial charge is 0.138 e. The minimum absolute atomic E-state index is 0.0803. The van der Waals surface area contributed by atoms with Crippen LogP contribution in [0, 0.1) is 0 Å². The number of hydrogen-bond donors (Lipinski definition) is 1. The number of carbonyl (C=O) groups excluding carboxylic acids is 1. The van der Waals surface area contributed by atoms with E-state index < -0.39 is 0 Å². The van der Waals surface area contributed by atoms with Gasteiger partial charge in [0.05, 0.1) is 0 Å². The molecule has 0 bridgehead atoms. The van der Waals surface area contributed by atoms with E-state index in [1.165, 1.54) is 0 Å². The third kappa shape index (κ3) is 5.61. The van der Waals surface area contributed by atoms with E-state index in [0.717, 1.165) is 12.1 Å². The van der Waals surface area contributed by atoms with E-state index in [-0.39, 0.29) is 11.3 Å². The molecule has 1 N–H and O–H groups in total. The van der Waals surface area contributed by atoms with Gasteiger partial charge in [0.2, 0.25) is 0 Å². The van der Waals surface area contributed by atoms with Crippen molar-refractivity contribution in [2.45, 2.75) is 39.2 Å². The molecule has 0 unspecified atom stereocenters. The van der Waals surface area contributed by atoms with Crippen LogP contribution in [0.1, 0.15) is 32.8 Å². The van der Waals surface area contributed by atoms with Crippen LogP contribution in [0.3, 0.4) is 0 Å². The molecule has 0 aromatic carbocycles. The number of Topliss-reactive ketones (excluding diaryl/α,β-unsaturated/α-hetero) is 1. The monoisotopic (exact) mass is 220 g/mol. The Morgan fingerprint density at radius 2 is 1.94 bits per heavy atom. The molecule has 0 saturated heterocycles. The highest BCUT2D eigenvalue weighted by atomic mass is 16.1. The zero-order chi connectivity index (χ0) is 12.0. The highest BCUT2D eigenvalue weighted by Gasteiger charge is 2.09. The Balaban J connectivity index is 2.27. The summed E-state index contributed by atoms with van der Waals surface area (Å²) in [5.41, 5.74) is 1.12. The van der Waals surface area contributed by atoms with Crippen LogP contribution >= 0.6 is 0 Å². The molecule has 3 nitrogen and oxygen atoms in total. The number of pyridine rings is 1. The lowest BCUT2D eigenvalue weighted by atomic mass is 10.1. The zero-order valence-corrected chi connectivity index (χ0v) is 10.3. The van der Waals surface area contributed by atoms with Crippen molar-refractivity contribution in [2.75, 3.05) is 6.54 Å². The molecular weight excluding hydrogens is 200 g/mol. The molecule has 0 radical (unpaired) electrons. The standard InChI is InChI=1S/C13H20N2O/c1-13(2,3)15-9-6-12(16)10-11-4-7-14-8-5-11/h4-5,7-8,15H,6,9-10H2,1-3H3. The number of ketones is 1. The van der Waals surface area contributed by atoms with Gasteiger partial charge in [-0.3, -0.25) is 9.78 Å². The van der Waals surface area contributed by atoms with E-state index in [2.05, 4.69) is 31.1 Å². The summed E-state index contributed by atoms with van der Waals surface area (Å²) in [6.45, 7) is 7.04. The van der Waals surface area contributed by atoms with Crippen molar-refractivity contribution < 1.29 is 4.79 Å². The number of rotatable bonds is 5. The maximum atomic E-state index is 11.6. The van der Waals surface area contributed by atoms with E-state index in [9.17, 15) is 4.79 Å². The zero-order valence-electron chi connectivity index (χ0n) is 10.3. The van der Waals surface area contributed by atoms with Gasteiger partial charge in [-0.1, -0.05) is 0 Å². The molecule has 88 valence electrons. The highest BCUT2D eigenvalue weighted by Crippen LogP contribution is 2.02. The van der Waals surface area contributed by atoms with Gasteiger partial charge in [-0.25, -0.2) is 0 Å². The lowest BCUT2D eigenvalue weighted by molar-refractivity contribution is -0.118. The van der Waals surface area contributed by atoms with Crippen molar-refractivity contribution >= 4 is 5.78 Å². The van der Waals surface area contributed by atoms with Crippen LogP contribution < -0.4 is 5.32 Å². The Morgan fingerprint density at radius 3 is 2.50 bits per heavy atom. The summed E-state index contributed by atoms with van der Waals surface area (Å²) in [6.07, 6.45) is 4.53. The largest absolute Gasteiger partial charge is 0.312 e. The molecule has 1 rings (SSSR count). The van der Waals surface area contributed by atoms with Gasteiger partial charge in [-0.05, 0) is 38.5 Å². The number of nitrogens with zero attached hydrogens (tertiary/aromatic N) is 1. The SMILES string of the molecule is CC(C)(C)NCCC(=O)Cc1ccncc1. The molecule has 0 aliphatic rings. The Morgan fingerprint density at radius 1 is 1.31 bits per heavy atom. The van der Waals surface area contributed by atoms with Crippen molar-refractivity contribution in [3.05, 3.63) is 30.1 Å². The van der Waals surface area contributed by atoms with Crippen LogP contribution in [0.2, 0.25) is 0 Å². The molecule has 3 heteroatoms. The van der Waals surface area contributed by atoms with Gasteiger partial charge in [0.1, 0.15) is 5.78 Å². The molecule has 0 atom stereocenters. The van der Waals surface area contributed by atoms with Crippen LogP contribution in [0.25, 0.3) is 0 Å². The molecule has 0 aliphatic heterocycles. The molecule has 0 aliphatic carbocycles. The van der Waals surface area contributed by atoms with Gasteiger partial charge < -0.3 is 5.32 Å². The van der Waals surface area contributed by atoms with Crippen LogP contribution in [0.4, 0.5) is 0 Å². The molecular formula is C13H20N2O. The molecule has 1 aromatic heterocycles. The second kappa shape index (κ2) is 5.75. The fraction of sp³-hybridized carbons (Fsp3) is 0.538. The fourth-order valence-electron chi connectivity index (χ4n) is 1.39. The van der Waals surface area contributed by atoms with Gasteiger partial charge in [0.25, 0.3) is 0 Å². The Bertz CT molecular complexity index is 328. The van der Waals surface area contributed by atoms with Crippen LogP contribution in [-0.4, -0.2) is 22.9 Å². The highest BCUT2D eigenvalue weighted by molar-refractivity contribution is 5.80. The van der Waals surface area contributed by atoms with Crippen molar-refractivity contribution in [2.24, 2.45) is 0 Å². The third-order valence-corrected chi connectivity index (χ3v) is 2.21. The summed E-state index contributed by atoms with van der Waals surface area (Å²) < 4.78 is 0. The average Bonchev–Trinajstić information content (AvgIpc) is 2.17. The maximum Gasteiger partial charge on any atom is 0.138 e. The van der Waals surface area contributed by atoms with E-state index in [1.807, 2.05) is 12.1 Å². The first-order valence-electron chi connectivity index (χ1n) is 5.63. The van der Waals surface area contributed by atoms with Gasteiger partial charge in [-0.15, -0.1) is 0 Å². The molecule has 0 fully saturated rings. The van der Waals surface area contributed by atoms with E-state index in [1.54, 1.807) is 12.4 Å². The van der Waals surface area contributed by atoms with Crippen LogP contribution in [-0.2, 0) is 11.2 Å². The normalized spacial score (nSPS) is 11.4. The van der Waals surface area contributed by atoms with E-state index in [0.29, 0.717) is 12.8 Å². The second-order valence-electron chi connectivity index (χ2n) is 5.00. The van der Waals surface area contributed by atoms with Crippen molar-refractivity contribution in [3.8, 4) is 0 Å². The average molecular weight is 220 g/mol. The Labute approximate surface area is 97.3 Å². The summed E-state index contributed by atoms with van der Waals surface area (Å²) in [5.74, 6) is 0.267. The van der Waals surface area contributed by atoms with Crippen molar-refractivity contribution in [1.29, 1.82) is 0 Å². The van der Waals surface area contributed by atoms with E-state index >= 15 is 0 Å². The van der Waals surface area contributed by atoms with Crippen LogP contribution in [0.5, 0.6) is 0 Å². The molecule has 16 heavy (non-hydrogen) atoms. The van der Waals surface area contributed by atoms with Gasteiger partial charge >= 0.3 is 0 Å². The summed E-state index contributed by atoms with van der Waals surface area (Å²) in [7, 11) is 0. The predicted molar refractivity (Wildman–Crippen MR) is 65.3 cm³/mol. The minimum atomic E-state index is 0.0803. The molecule has 1 aromatic rings. The van der Waals surface area contributed by atoms with Crippen LogP contribution in [0.15, 0.2) is 24.5 Å². The lowest BCUT2D eigenvalue weighted by Gasteiger charge is -2.20. The molecule has 0 amide bonds.